The Morgan fingerprint density at radius 2 is 2.07 bits per heavy atom. The van der Waals surface area contributed by atoms with Crippen LogP contribution in [0.1, 0.15) is 0 Å². The van der Waals surface area contributed by atoms with Crippen LogP contribution in [0.4, 0.5) is 13.2 Å². The molecule has 1 aliphatic heterocycles. The van der Waals surface area contributed by atoms with Crippen LogP contribution in [0.25, 0.3) is 0 Å². The molecule has 1 aliphatic rings. The van der Waals surface area contributed by atoms with Gasteiger partial charge in [0.05, 0.1) is 5.57 Å². The van der Waals surface area contributed by atoms with Crippen LogP contribution in [0.3, 0.4) is 0 Å². The summed E-state index contributed by atoms with van der Waals surface area (Å²) >= 11 is 10.9. The number of nitrogens with two attached hydrogens (primary N) is 1. The molecule has 1 unspecified atom stereocenters. The van der Waals surface area contributed by atoms with Crippen molar-refractivity contribution in [1.29, 1.82) is 0 Å². The molecule has 0 saturated heterocycles. The molecule has 3 N–H and O–H groups in total. The maximum absolute atomic E-state index is 12.3. The van der Waals surface area contributed by atoms with Gasteiger partial charge in [-0.2, -0.15) is 13.2 Å². The van der Waals surface area contributed by atoms with Crippen LogP contribution in [0.15, 0.2) is 22.9 Å². The lowest BCUT2D eigenvalue weighted by Crippen LogP contribution is -2.50. The van der Waals surface area contributed by atoms with E-state index in [1.165, 1.54) is 0 Å². The molecule has 0 spiro atoms. The quantitative estimate of drug-likeness (QED) is 0.556. The van der Waals surface area contributed by atoms with Crippen molar-refractivity contribution in [2.24, 2.45) is 5.73 Å². The van der Waals surface area contributed by atoms with Crippen LogP contribution in [-0.4, -0.2) is 17.1 Å². The topological polar surface area (TPSA) is 55.1 Å². The van der Waals surface area contributed by atoms with Crippen LogP contribution in [0.2, 0.25) is 0 Å². The zero-order valence-electron chi connectivity index (χ0n) is 7.03. The van der Waals surface area contributed by atoms with E-state index in [0.29, 0.717) is 12.2 Å². The monoisotopic (exact) mass is 260 g/mol. The van der Waals surface area contributed by atoms with Gasteiger partial charge in [0.1, 0.15) is 5.16 Å². The minimum atomic E-state index is -4.64. The number of alkyl halides is 4. The van der Waals surface area contributed by atoms with Crippen LogP contribution in [0.5, 0.6) is 0 Å². The van der Waals surface area contributed by atoms with Crippen molar-refractivity contribution in [1.82, 2.24) is 5.32 Å². The van der Waals surface area contributed by atoms with Crippen molar-refractivity contribution in [2.45, 2.75) is 11.2 Å². The number of carbonyl (C=O) groups is 1. The number of halogens is 5. The summed E-state index contributed by atoms with van der Waals surface area (Å²) in [6.07, 6.45) is -3.55. The van der Waals surface area contributed by atoms with Crippen molar-refractivity contribution in [2.75, 3.05) is 0 Å². The van der Waals surface area contributed by atoms with Gasteiger partial charge in [-0.05, 0) is 12.2 Å². The number of nitrogens with one attached hydrogen (secondary N) is 1. The lowest BCUT2D eigenvalue weighted by atomic mass is 10.1. The van der Waals surface area contributed by atoms with E-state index in [1.54, 1.807) is 0 Å². The van der Waals surface area contributed by atoms with Crippen molar-refractivity contribution < 1.29 is 18.0 Å². The summed E-state index contributed by atoms with van der Waals surface area (Å²) in [6.45, 7) is 0. The Morgan fingerprint density at radius 3 is 2.47 bits per heavy atom. The molecule has 8 heteroatoms. The van der Waals surface area contributed by atoms with Crippen LogP contribution in [0, 0.1) is 0 Å². The number of rotatable bonds is 1. The van der Waals surface area contributed by atoms with Gasteiger partial charge < -0.3 is 11.1 Å². The van der Waals surface area contributed by atoms with E-state index in [2.05, 4.69) is 5.32 Å². The van der Waals surface area contributed by atoms with Crippen molar-refractivity contribution >= 4 is 29.1 Å². The number of hydrogen-bond donors (Lipinski definition) is 2. The van der Waals surface area contributed by atoms with Gasteiger partial charge in [0.25, 0.3) is 5.91 Å². The third kappa shape index (κ3) is 2.57. The maximum atomic E-state index is 12.3. The normalized spacial score (nSPS) is 26.5. The molecule has 1 atom stereocenters. The second kappa shape index (κ2) is 3.61. The zero-order chi connectivity index (χ0) is 11.9. The highest BCUT2D eigenvalue weighted by molar-refractivity contribution is 6.38. The molecule has 0 radical (unpaired) electrons. The van der Waals surface area contributed by atoms with Gasteiger partial charge in [-0.1, -0.05) is 23.2 Å². The molecule has 0 aromatic rings. The Labute approximate surface area is 92.7 Å². The minimum Gasteiger partial charge on any atom is -0.366 e. The molecule has 1 amide bonds. The summed E-state index contributed by atoms with van der Waals surface area (Å²) in [6, 6.07) is 0. The summed E-state index contributed by atoms with van der Waals surface area (Å²) in [5.41, 5.74) is 3.71. The molecule has 0 aromatic heterocycles. The summed E-state index contributed by atoms with van der Waals surface area (Å²) in [5, 5.41) is 1.73. The summed E-state index contributed by atoms with van der Waals surface area (Å²) in [5.74, 6) is -1.17. The average Bonchev–Trinajstić information content (AvgIpc) is 2.00. The molecular weight excluding hydrogens is 256 g/mol. The highest BCUT2D eigenvalue weighted by Gasteiger charge is 2.42. The highest BCUT2D eigenvalue weighted by Crippen LogP contribution is 2.34. The standard InChI is InChI=1S/C7H5Cl2F3N2O/c8-4-1-3(7(10,11)12)2-6(9,14-4)5(13)15/h1-2,14H,(H2,13,15). The number of hydrogen-bond acceptors (Lipinski definition) is 2. The SMILES string of the molecule is NC(=O)C1(Cl)C=C(C(F)(F)F)C=C(Cl)N1. The molecular formula is C7H5Cl2F3N2O. The van der Waals surface area contributed by atoms with E-state index in [4.69, 9.17) is 28.9 Å². The number of dihydropyridines is 1. The molecule has 3 nitrogen and oxygen atoms in total. The maximum Gasteiger partial charge on any atom is 0.416 e. The number of allylic oxidation sites excluding steroid dienone is 2. The van der Waals surface area contributed by atoms with Gasteiger partial charge in [0.15, 0.2) is 0 Å². The smallest absolute Gasteiger partial charge is 0.366 e. The van der Waals surface area contributed by atoms with E-state index in [0.717, 1.165) is 0 Å². The predicted octanol–water partition coefficient (Wildman–Crippen LogP) is 1.58. The van der Waals surface area contributed by atoms with E-state index in [-0.39, 0.29) is 0 Å². The second-order valence-corrected chi connectivity index (χ2v) is 3.79. The first-order valence-corrected chi connectivity index (χ1v) is 4.35. The molecule has 15 heavy (non-hydrogen) atoms. The Hall–Kier alpha value is -0.880. The average molecular weight is 261 g/mol. The third-order valence-corrected chi connectivity index (χ3v) is 2.22. The van der Waals surface area contributed by atoms with Crippen LogP contribution >= 0.6 is 23.2 Å². The first-order valence-electron chi connectivity index (χ1n) is 3.59. The third-order valence-electron chi connectivity index (χ3n) is 1.62. The Kier molecular flexibility index (Phi) is 2.93. The lowest BCUT2D eigenvalue weighted by molar-refractivity contribution is -0.120. The largest absolute Gasteiger partial charge is 0.416 e. The van der Waals surface area contributed by atoms with Gasteiger partial charge >= 0.3 is 6.18 Å². The fourth-order valence-electron chi connectivity index (χ4n) is 0.935. The molecule has 0 aliphatic carbocycles. The zero-order valence-corrected chi connectivity index (χ0v) is 8.54. The van der Waals surface area contributed by atoms with Crippen LogP contribution < -0.4 is 11.1 Å². The van der Waals surface area contributed by atoms with E-state index in [1.807, 2.05) is 0 Å². The fraction of sp³-hybridized carbons (Fsp3) is 0.286. The number of primary amides is 1. The molecule has 0 bridgehead atoms. The predicted molar refractivity (Wildman–Crippen MR) is 49.0 cm³/mol. The summed E-state index contributed by atoms with van der Waals surface area (Å²) in [7, 11) is 0. The number of carbonyl (C=O) groups excluding carboxylic acids is 1. The van der Waals surface area contributed by atoms with Crippen molar-refractivity contribution in [3.8, 4) is 0 Å². The molecule has 0 saturated carbocycles. The van der Waals surface area contributed by atoms with Crippen molar-refractivity contribution in [3.63, 3.8) is 0 Å². The van der Waals surface area contributed by atoms with Gasteiger partial charge in [0, 0.05) is 0 Å². The Bertz CT molecular complexity index is 364. The van der Waals surface area contributed by atoms with Gasteiger partial charge in [-0.3, -0.25) is 4.79 Å². The lowest BCUT2D eigenvalue weighted by Gasteiger charge is -2.27. The van der Waals surface area contributed by atoms with Crippen molar-refractivity contribution in [3.05, 3.63) is 22.9 Å². The first-order chi connectivity index (χ1) is 6.65. The van der Waals surface area contributed by atoms with Gasteiger partial charge in [-0.15, -0.1) is 0 Å². The van der Waals surface area contributed by atoms with Crippen LogP contribution in [-0.2, 0) is 4.79 Å². The van der Waals surface area contributed by atoms with E-state index >= 15 is 0 Å². The molecule has 84 valence electrons. The van der Waals surface area contributed by atoms with Gasteiger partial charge in [0.2, 0.25) is 5.00 Å². The summed E-state index contributed by atoms with van der Waals surface area (Å²) in [4.78, 5) is 8.68. The molecule has 1 heterocycles. The molecule has 0 aromatic carbocycles. The number of amides is 1. The fourth-order valence-corrected chi connectivity index (χ4v) is 1.47. The summed E-state index contributed by atoms with van der Waals surface area (Å²) < 4.78 is 36.9. The first kappa shape index (κ1) is 12.2. The van der Waals surface area contributed by atoms with E-state index < -0.39 is 27.8 Å². The second-order valence-electron chi connectivity index (χ2n) is 2.79. The highest BCUT2D eigenvalue weighted by atomic mass is 35.5. The Balaban J connectivity index is 3.18. The van der Waals surface area contributed by atoms with Gasteiger partial charge in [-0.25, -0.2) is 0 Å². The Morgan fingerprint density at radius 1 is 1.53 bits per heavy atom. The molecule has 0 fully saturated rings. The van der Waals surface area contributed by atoms with E-state index in [9.17, 15) is 18.0 Å². The minimum absolute atomic E-state index is 0.404. The molecule has 1 rings (SSSR count).